The Kier molecular flexibility index (Phi) is 6.43. The summed E-state index contributed by atoms with van der Waals surface area (Å²) in [6, 6.07) is 6.25. The van der Waals surface area contributed by atoms with Crippen molar-refractivity contribution >= 4 is 17.5 Å². The lowest BCUT2D eigenvalue weighted by molar-refractivity contribution is -0.119. The fourth-order valence-electron chi connectivity index (χ4n) is 4.40. The molecule has 2 saturated carbocycles. The number of thioether (sulfide) groups is 1. The van der Waals surface area contributed by atoms with Crippen LogP contribution >= 0.6 is 11.8 Å². The van der Waals surface area contributed by atoms with E-state index in [1.807, 2.05) is 18.2 Å². The fourth-order valence-corrected chi connectivity index (χ4v) is 5.63. The monoisotopic (exact) mass is 415 g/mol. The highest BCUT2D eigenvalue weighted by atomic mass is 32.2. The van der Waals surface area contributed by atoms with Gasteiger partial charge in [0.1, 0.15) is 5.78 Å². The van der Waals surface area contributed by atoms with Crippen molar-refractivity contribution in [3.05, 3.63) is 18.2 Å². The van der Waals surface area contributed by atoms with Gasteiger partial charge in [-0.1, -0.05) is 37.4 Å². The third-order valence-corrected chi connectivity index (χ3v) is 7.26. The topological polar surface area (TPSA) is 66.2 Å². The number of aromatic nitrogens is 3. The van der Waals surface area contributed by atoms with Gasteiger partial charge in [0.15, 0.2) is 22.5 Å². The van der Waals surface area contributed by atoms with Gasteiger partial charge in [-0.3, -0.25) is 9.36 Å². The summed E-state index contributed by atoms with van der Waals surface area (Å²) in [6.07, 6.45) is 9.75. The highest BCUT2D eigenvalue weighted by Crippen LogP contribution is 2.40. The number of carbonyl (C=O) groups is 1. The molecule has 7 heteroatoms. The summed E-state index contributed by atoms with van der Waals surface area (Å²) in [7, 11) is 3.28. The number of ether oxygens (including phenoxy) is 2. The minimum Gasteiger partial charge on any atom is -0.493 e. The van der Waals surface area contributed by atoms with E-state index in [0.29, 0.717) is 29.7 Å². The third kappa shape index (κ3) is 4.29. The zero-order valence-corrected chi connectivity index (χ0v) is 18.0. The van der Waals surface area contributed by atoms with Crippen molar-refractivity contribution in [1.82, 2.24) is 14.8 Å². The first-order valence-electron chi connectivity index (χ1n) is 10.6. The lowest BCUT2D eigenvalue weighted by Gasteiger charge is -2.27. The van der Waals surface area contributed by atoms with E-state index in [4.69, 9.17) is 9.47 Å². The molecule has 1 aromatic carbocycles. The van der Waals surface area contributed by atoms with Crippen molar-refractivity contribution in [1.29, 1.82) is 0 Å². The van der Waals surface area contributed by atoms with Gasteiger partial charge in [0.2, 0.25) is 0 Å². The highest BCUT2D eigenvalue weighted by molar-refractivity contribution is 8.00. The SMILES string of the molecule is COc1ccc(-c2nnc(S[C@@H]3CCCCC3=O)n2C2CCCCC2)cc1OC. The molecule has 0 saturated heterocycles. The maximum Gasteiger partial charge on any atom is 0.192 e. The Labute approximate surface area is 176 Å². The van der Waals surface area contributed by atoms with Crippen LogP contribution in [0.15, 0.2) is 23.4 Å². The predicted molar refractivity (Wildman–Crippen MR) is 114 cm³/mol. The summed E-state index contributed by atoms with van der Waals surface area (Å²) in [4.78, 5) is 12.4. The van der Waals surface area contributed by atoms with Crippen molar-refractivity contribution in [2.75, 3.05) is 14.2 Å². The van der Waals surface area contributed by atoms with Gasteiger partial charge in [-0.2, -0.15) is 0 Å². The molecule has 0 unspecified atom stereocenters. The molecule has 2 aliphatic carbocycles. The Morgan fingerprint density at radius 1 is 0.966 bits per heavy atom. The van der Waals surface area contributed by atoms with Gasteiger partial charge < -0.3 is 9.47 Å². The molecule has 4 rings (SSSR count). The number of methoxy groups -OCH3 is 2. The van der Waals surface area contributed by atoms with E-state index >= 15 is 0 Å². The average molecular weight is 416 g/mol. The maximum atomic E-state index is 12.4. The molecule has 2 fully saturated rings. The van der Waals surface area contributed by atoms with Gasteiger partial charge in [0.25, 0.3) is 0 Å². The van der Waals surface area contributed by atoms with Crippen molar-refractivity contribution in [2.45, 2.75) is 74.2 Å². The van der Waals surface area contributed by atoms with Crippen LogP contribution in [0.5, 0.6) is 11.5 Å². The van der Waals surface area contributed by atoms with Gasteiger partial charge in [0, 0.05) is 18.0 Å². The molecule has 1 aromatic heterocycles. The van der Waals surface area contributed by atoms with Crippen LogP contribution in [0.25, 0.3) is 11.4 Å². The highest BCUT2D eigenvalue weighted by Gasteiger charge is 2.29. The van der Waals surface area contributed by atoms with Crippen molar-refractivity contribution in [3.8, 4) is 22.9 Å². The summed E-state index contributed by atoms with van der Waals surface area (Å²) in [6.45, 7) is 0. The first-order valence-corrected chi connectivity index (χ1v) is 11.5. The van der Waals surface area contributed by atoms with Gasteiger partial charge in [-0.05, 0) is 43.9 Å². The molecule has 156 valence electrons. The zero-order chi connectivity index (χ0) is 20.2. The van der Waals surface area contributed by atoms with Crippen LogP contribution in [0.1, 0.15) is 63.8 Å². The minimum absolute atomic E-state index is 0.00791. The van der Waals surface area contributed by atoms with E-state index < -0.39 is 0 Å². The number of ketones is 1. The molecular weight excluding hydrogens is 386 g/mol. The predicted octanol–water partition coefficient (Wildman–Crippen LogP) is 5.07. The van der Waals surface area contributed by atoms with Gasteiger partial charge in [-0.25, -0.2) is 0 Å². The third-order valence-electron chi connectivity index (χ3n) is 5.99. The first-order chi connectivity index (χ1) is 14.2. The van der Waals surface area contributed by atoms with E-state index in [1.165, 1.54) is 19.3 Å². The summed E-state index contributed by atoms with van der Waals surface area (Å²) in [5.41, 5.74) is 0.961. The number of rotatable bonds is 6. The average Bonchev–Trinajstić information content (AvgIpc) is 3.19. The largest absolute Gasteiger partial charge is 0.493 e. The van der Waals surface area contributed by atoms with Gasteiger partial charge >= 0.3 is 0 Å². The smallest absolute Gasteiger partial charge is 0.192 e. The molecule has 6 nitrogen and oxygen atoms in total. The van der Waals surface area contributed by atoms with Crippen LogP contribution in [0, 0.1) is 0 Å². The van der Waals surface area contributed by atoms with Crippen molar-refractivity contribution in [3.63, 3.8) is 0 Å². The number of hydrogen-bond acceptors (Lipinski definition) is 6. The Morgan fingerprint density at radius 3 is 2.45 bits per heavy atom. The second kappa shape index (κ2) is 9.20. The Morgan fingerprint density at radius 2 is 1.72 bits per heavy atom. The van der Waals surface area contributed by atoms with E-state index in [2.05, 4.69) is 14.8 Å². The molecule has 1 atom stereocenters. The maximum absolute atomic E-state index is 12.4. The molecule has 2 aromatic rings. The van der Waals surface area contributed by atoms with Crippen molar-refractivity contribution in [2.24, 2.45) is 0 Å². The van der Waals surface area contributed by atoms with Gasteiger partial charge in [-0.15, -0.1) is 10.2 Å². The Bertz CT molecular complexity index is 861. The number of Topliss-reactive ketones (excluding diaryl/α,β-unsaturated/α-hetero) is 1. The minimum atomic E-state index is 0.00791. The van der Waals surface area contributed by atoms with Crippen molar-refractivity contribution < 1.29 is 14.3 Å². The van der Waals surface area contributed by atoms with Crippen LogP contribution < -0.4 is 9.47 Å². The number of hydrogen-bond donors (Lipinski definition) is 0. The van der Waals surface area contributed by atoms with Crippen LogP contribution in [0.3, 0.4) is 0 Å². The second-order valence-corrected chi connectivity index (χ2v) is 9.03. The first kappa shape index (κ1) is 20.3. The number of benzene rings is 1. The molecule has 29 heavy (non-hydrogen) atoms. The molecule has 0 amide bonds. The molecule has 0 radical (unpaired) electrons. The molecule has 2 aliphatic rings. The molecule has 0 aliphatic heterocycles. The molecule has 0 bridgehead atoms. The summed E-state index contributed by atoms with van der Waals surface area (Å²) >= 11 is 1.61. The molecular formula is C22H29N3O3S. The summed E-state index contributed by atoms with van der Waals surface area (Å²) < 4.78 is 13.2. The van der Waals surface area contributed by atoms with E-state index in [-0.39, 0.29) is 5.25 Å². The van der Waals surface area contributed by atoms with E-state index in [1.54, 1.807) is 26.0 Å². The summed E-state index contributed by atoms with van der Waals surface area (Å²) in [5.74, 6) is 2.58. The standard InChI is InChI=1S/C22H29N3O3S/c1-27-18-13-12-15(14-19(18)28-2)21-23-24-22(25(21)16-8-4-3-5-9-16)29-20-11-7-6-10-17(20)26/h12-14,16,20H,3-11H2,1-2H3/t20-/m1/s1. The number of carbonyl (C=O) groups excluding carboxylic acids is 1. The second-order valence-electron chi connectivity index (χ2n) is 7.86. The van der Waals surface area contributed by atoms with E-state index in [9.17, 15) is 4.79 Å². The molecule has 1 heterocycles. The normalized spacial score (nSPS) is 20.6. The quantitative estimate of drug-likeness (QED) is 0.656. The summed E-state index contributed by atoms with van der Waals surface area (Å²) in [5, 5.41) is 10.00. The van der Waals surface area contributed by atoms with Gasteiger partial charge in [0.05, 0.1) is 19.5 Å². The van der Waals surface area contributed by atoms with E-state index in [0.717, 1.165) is 48.6 Å². The zero-order valence-electron chi connectivity index (χ0n) is 17.2. The molecule has 0 spiro atoms. The van der Waals surface area contributed by atoms with Crippen LogP contribution in [0.2, 0.25) is 0 Å². The molecule has 0 N–H and O–H groups in total. The van der Waals surface area contributed by atoms with Crippen LogP contribution in [-0.2, 0) is 4.79 Å². The van der Waals surface area contributed by atoms with Crippen LogP contribution in [0.4, 0.5) is 0 Å². The lowest BCUT2D eigenvalue weighted by Crippen LogP contribution is -2.23. The van der Waals surface area contributed by atoms with Crippen LogP contribution in [-0.4, -0.2) is 40.0 Å². The lowest BCUT2D eigenvalue weighted by atomic mass is 9.95. The number of nitrogens with zero attached hydrogens (tertiary/aromatic N) is 3. The Balaban J connectivity index is 1.71. The fraction of sp³-hybridized carbons (Fsp3) is 0.591. The Hall–Kier alpha value is -2.02.